The fraction of sp³-hybridized carbons (Fsp3) is 0.471. The molecule has 0 fully saturated rings. The second kappa shape index (κ2) is 4.88. The van der Waals surface area contributed by atoms with Crippen molar-refractivity contribution in [2.24, 2.45) is 5.73 Å². The summed E-state index contributed by atoms with van der Waals surface area (Å²) in [5, 5.41) is 0. The largest absolute Gasteiger partial charge is 0.491 e. The highest BCUT2D eigenvalue weighted by Crippen LogP contribution is 2.38. The number of hydrogen-bond donors (Lipinski definition) is 1. The minimum absolute atomic E-state index is 0.0334. The summed E-state index contributed by atoms with van der Waals surface area (Å²) in [5.41, 5.74) is 10.3. The number of para-hydroxylation sites is 1. The maximum absolute atomic E-state index is 6.56. The average molecular weight is 283 g/mol. The second-order valence-corrected chi connectivity index (χ2v) is 6.07. The van der Waals surface area contributed by atoms with Gasteiger partial charge >= 0.3 is 0 Å². The van der Waals surface area contributed by atoms with Gasteiger partial charge in [0, 0.05) is 11.3 Å². The molecular formula is C17H21N3O. The highest BCUT2D eigenvalue weighted by molar-refractivity contribution is 5.38. The Morgan fingerprint density at radius 1 is 1.24 bits per heavy atom. The van der Waals surface area contributed by atoms with E-state index in [4.69, 9.17) is 15.5 Å². The van der Waals surface area contributed by atoms with Gasteiger partial charge in [-0.25, -0.2) is 4.98 Å². The van der Waals surface area contributed by atoms with Crippen LogP contribution < -0.4 is 10.5 Å². The Morgan fingerprint density at radius 2 is 2.05 bits per heavy atom. The number of nitrogens with zero attached hydrogens (tertiary/aromatic N) is 2. The first-order valence-corrected chi connectivity index (χ1v) is 7.79. The molecule has 2 atom stereocenters. The molecule has 2 aromatic rings. The first-order valence-electron chi connectivity index (χ1n) is 7.79. The molecule has 21 heavy (non-hydrogen) atoms. The average Bonchev–Trinajstić information content (AvgIpc) is 2.84. The molecule has 0 amide bonds. The zero-order valence-electron chi connectivity index (χ0n) is 12.4. The Balaban J connectivity index is 1.77. The van der Waals surface area contributed by atoms with E-state index in [9.17, 15) is 0 Å². The van der Waals surface area contributed by atoms with E-state index < -0.39 is 0 Å². The molecule has 0 radical (unpaired) electrons. The van der Waals surface area contributed by atoms with Crippen molar-refractivity contribution < 1.29 is 4.74 Å². The summed E-state index contributed by atoms with van der Waals surface area (Å²) in [6.07, 6.45) is 4.71. The summed E-state index contributed by atoms with van der Waals surface area (Å²) < 4.78 is 8.29. The van der Waals surface area contributed by atoms with Crippen molar-refractivity contribution in [1.29, 1.82) is 0 Å². The molecule has 2 unspecified atom stereocenters. The van der Waals surface area contributed by atoms with E-state index in [2.05, 4.69) is 17.6 Å². The molecule has 1 aliphatic carbocycles. The lowest BCUT2D eigenvalue weighted by Crippen LogP contribution is -2.35. The van der Waals surface area contributed by atoms with Gasteiger partial charge in [-0.3, -0.25) is 0 Å². The van der Waals surface area contributed by atoms with Crippen LogP contribution in [0.2, 0.25) is 0 Å². The van der Waals surface area contributed by atoms with Gasteiger partial charge in [0.2, 0.25) is 0 Å². The van der Waals surface area contributed by atoms with Crippen LogP contribution in [0, 0.1) is 6.92 Å². The van der Waals surface area contributed by atoms with E-state index in [0.717, 1.165) is 30.0 Å². The predicted octanol–water partition coefficient (Wildman–Crippen LogP) is 2.70. The number of imidazole rings is 1. The molecule has 1 aliphatic heterocycles. The van der Waals surface area contributed by atoms with Crippen LogP contribution in [0.15, 0.2) is 24.3 Å². The third-order valence-corrected chi connectivity index (χ3v) is 4.78. The van der Waals surface area contributed by atoms with Gasteiger partial charge in [-0.2, -0.15) is 0 Å². The van der Waals surface area contributed by atoms with Crippen LogP contribution in [0.4, 0.5) is 0 Å². The summed E-state index contributed by atoms with van der Waals surface area (Å²) in [4.78, 5) is 4.77. The Bertz CT molecular complexity index is 677. The lowest BCUT2D eigenvalue weighted by Gasteiger charge is -2.34. The third-order valence-electron chi connectivity index (χ3n) is 4.78. The van der Waals surface area contributed by atoms with Gasteiger partial charge in [0.05, 0.1) is 17.8 Å². The van der Waals surface area contributed by atoms with Gasteiger partial charge in [0.15, 0.2) is 0 Å². The molecule has 1 aromatic heterocycles. The lowest BCUT2D eigenvalue weighted by atomic mass is 9.95. The SMILES string of the molecule is Cc1nc2c(n1C1COc3ccccc3C1N)CCCC2. The number of ether oxygens (including phenoxy) is 1. The number of aryl methyl sites for hydroxylation is 2. The lowest BCUT2D eigenvalue weighted by molar-refractivity contribution is 0.193. The Hall–Kier alpha value is -1.81. The normalized spacial score (nSPS) is 24.1. The first-order chi connectivity index (χ1) is 10.3. The molecule has 2 heterocycles. The van der Waals surface area contributed by atoms with Gasteiger partial charge in [-0.05, 0) is 38.7 Å². The van der Waals surface area contributed by atoms with Crippen LogP contribution in [0.3, 0.4) is 0 Å². The van der Waals surface area contributed by atoms with Gasteiger partial charge in [-0.1, -0.05) is 18.2 Å². The summed E-state index contributed by atoms with van der Waals surface area (Å²) in [5.74, 6) is 2.00. The van der Waals surface area contributed by atoms with E-state index in [1.807, 2.05) is 18.2 Å². The zero-order chi connectivity index (χ0) is 14.4. The van der Waals surface area contributed by atoms with E-state index in [0.29, 0.717) is 6.61 Å². The van der Waals surface area contributed by atoms with E-state index >= 15 is 0 Å². The molecule has 1 aromatic carbocycles. The van der Waals surface area contributed by atoms with Crippen molar-refractivity contribution in [2.75, 3.05) is 6.61 Å². The van der Waals surface area contributed by atoms with Crippen molar-refractivity contribution in [3.05, 3.63) is 47.0 Å². The summed E-state index contributed by atoms with van der Waals surface area (Å²) in [7, 11) is 0. The van der Waals surface area contributed by atoms with E-state index in [1.165, 1.54) is 24.2 Å². The highest BCUT2D eigenvalue weighted by Gasteiger charge is 2.32. The van der Waals surface area contributed by atoms with Crippen molar-refractivity contribution in [1.82, 2.24) is 9.55 Å². The van der Waals surface area contributed by atoms with Crippen LogP contribution in [0.1, 0.15) is 47.7 Å². The highest BCUT2D eigenvalue weighted by atomic mass is 16.5. The molecule has 110 valence electrons. The van der Waals surface area contributed by atoms with E-state index in [-0.39, 0.29) is 12.1 Å². The first kappa shape index (κ1) is 12.9. The topological polar surface area (TPSA) is 53.1 Å². The minimum Gasteiger partial charge on any atom is -0.491 e. The van der Waals surface area contributed by atoms with E-state index in [1.54, 1.807) is 0 Å². The molecule has 2 N–H and O–H groups in total. The molecule has 0 spiro atoms. The van der Waals surface area contributed by atoms with Gasteiger partial charge in [0.1, 0.15) is 18.2 Å². The number of aromatic nitrogens is 2. The number of nitrogens with two attached hydrogens (primary N) is 1. The van der Waals surface area contributed by atoms with Crippen molar-refractivity contribution in [3.8, 4) is 5.75 Å². The number of hydrogen-bond acceptors (Lipinski definition) is 3. The Labute approximate surface area is 124 Å². The molecule has 0 saturated carbocycles. The van der Waals surface area contributed by atoms with Crippen molar-refractivity contribution >= 4 is 0 Å². The second-order valence-electron chi connectivity index (χ2n) is 6.07. The van der Waals surface area contributed by atoms with Crippen molar-refractivity contribution in [2.45, 2.75) is 44.7 Å². The number of benzene rings is 1. The third kappa shape index (κ3) is 1.97. The van der Waals surface area contributed by atoms with Crippen LogP contribution in [0.25, 0.3) is 0 Å². The number of rotatable bonds is 1. The fourth-order valence-electron chi connectivity index (χ4n) is 3.75. The Kier molecular flexibility index (Phi) is 3.00. The van der Waals surface area contributed by atoms with Gasteiger partial charge in [-0.15, -0.1) is 0 Å². The monoisotopic (exact) mass is 283 g/mol. The molecule has 4 rings (SSSR count). The summed E-state index contributed by atoms with van der Waals surface area (Å²) in [6.45, 7) is 2.72. The van der Waals surface area contributed by atoms with Gasteiger partial charge < -0.3 is 15.0 Å². The van der Waals surface area contributed by atoms with Crippen LogP contribution in [0.5, 0.6) is 5.75 Å². The minimum atomic E-state index is -0.0334. The van der Waals surface area contributed by atoms with Gasteiger partial charge in [0.25, 0.3) is 0 Å². The Morgan fingerprint density at radius 3 is 2.95 bits per heavy atom. The van der Waals surface area contributed by atoms with Crippen LogP contribution in [-0.4, -0.2) is 16.2 Å². The molecule has 2 aliphatic rings. The zero-order valence-corrected chi connectivity index (χ0v) is 12.4. The molecular weight excluding hydrogens is 262 g/mol. The van der Waals surface area contributed by atoms with Crippen molar-refractivity contribution in [3.63, 3.8) is 0 Å². The smallest absolute Gasteiger partial charge is 0.124 e. The summed E-state index contributed by atoms with van der Waals surface area (Å²) >= 11 is 0. The molecule has 0 saturated heterocycles. The predicted molar refractivity (Wildman–Crippen MR) is 81.5 cm³/mol. The fourth-order valence-corrected chi connectivity index (χ4v) is 3.75. The molecule has 0 bridgehead atoms. The molecule has 4 heteroatoms. The van der Waals surface area contributed by atoms with Crippen LogP contribution >= 0.6 is 0 Å². The quantitative estimate of drug-likeness (QED) is 0.875. The molecule has 4 nitrogen and oxygen atoms in total. The standard InChI is InChI=1S/C17H21N3O/c1-11-19-13-7-3-4-8-14(13)20(11)15-10-21-16-9-5-2-6-12(16)17(15)18/h2,5-6,9,15,17H,3-4,7-8,10,18H2,1H3. The maximum atomic E-state index is 6.56. The number of fused-ring (bicyclic) bond motifs is 2. The van der Waals surface area contributed by atoms with Crippen LogP contribution in [-0.2, 0) is 12.8 Å². The summed E-state index contributed by atoms with van der Waals surface area (Å²) in [6, 6.07) is 8.21. The maximum Gasteiger partial charge on any atom is 0.124 e.